The molecule has 0 aliphatic carbocycles. The molecule has 1 aromatic carbocycles. The normalized spacial score (nSPS) is 20.1. The Bertz CT molecular complexity index is 365. The van der Waals surface area contributed by atoms with Crippen LogP contribution in [-0.4, -0.2) is 11.7 Å². The SMILES string of the molecule is COc1ccccc1[C@@H]1CC(Br)=NO1. The van der Waals surface area contributed by atoms with E-state index in [1.807, 2.05) is 24.3 Å². The molecule has 0 fully saturated rings. The number of halogens is 1. The number of nitrogens with zero attached hydrogens (tertiary/aromatic N) is 1. The lowest BCUT2D eigenvalue weighted by Gasteiger charge is -2.12. The smallest absolute Gasteiger partial charge is 0.162 e. The van der Waals surface area contributed by atoms with Crippen molar-refractivity contribution in [1.29, 1.82) is 0 Å². The van der Waals surface area contributed by atoms with Crippen LogP contribution in [0.25, 0.3) is 0 Å². The van der Waals surface area contributed by atoms with Crippen molar-refractivity contribution in [3.63, 3.8) is 0 Å². The Hall–Kier alpha value is -1.03. The third kappa shape index (κ3) is 1.75. The second-order valence-electron chi connectivity index (χ2n) is 3.01. The number of hydrogen-bond donors (Lipinski definition) is 0. The Morgan fingerprint density at radius 2 is 2.29 bits per heavy atom. The average Bonchev–Trinajstić information content (AvgIpc) is 2.65. The van der Waals surface area contributed by atoms with Crippen molar-refractivity contribution < 1.29 is 9.57 Å². The number of para-hydroxylation sites is 1. The van der Waals surface area contributed by atoms with E-state index in [4.69, 9.17) is 9.57 Å². The van der Waals surface area contributed by atoms with Gasteiger partial charge in [-0.2, -0.15) is 0 Å². The van der Waals surface area contributed by atoms with Gasteiger partial charge in [0.25, 0.3) is 0 Å². The molecule has 1 atom stereocenters. The predicted molar refractivity (Wildman–Crippen MR) is 57.8 cm³/mol. The molecule has 0 saturated carbocycles. The van der Waals surface area contributed by atoms with Gasteiger partial charge in [-0.15, -0.1) is 0 Å². The van der Waals surface area contributed by atoms with Crippen LogP contribution in [-0.2, 0) is 4.84 Å². The first-order valence-corrected chi connectivity index (χ1v) is 5.11. The fourth-order valence-corrected chi connectivity index (χ4v) is 1.83. The average molecular weight is 256 g/mol. The van der Waals surface area contributed by atoms with E-state index in [9.17, 15) is 0 Å². The number of hydrogen-bond acceptors (Lipinski definition) is 3. The largest absolute Gasteiger partial charge is 0.496 e. The number of methoxy groups -OCH3 is 1. The molecule has 0 bridgehead atoms. The molecule has 0 spiro atoms. The van der Waals surface area contributed by atoms with Crippen molar-refractivity contribution in [1.82, 2.24) is 0 Å². The lowest BCUT2D eigenvalue weighted by atomic mass is 10.1. The Morgan fingerprint density at radius 3 is 2.93 bits per heavy atom. The first-order valence-electron chi connectivity index (χ1n) is 4.32. The molecule has 0 N–H and O–H groups in total. The van der Waals surface area contributed by atoms with Gasteiger partial charge in [-0.1, -0.05) is 23.4 Å². The molecule has 74 valence electrons. The zero-order valence-electron chi connectivity index (χ0n) is 7.74. The number of benzene rings is 1. The number of oxime groups is 1. The molecule has 1 aliphatic heterocycles. The summed E-state index contributed by atoms with van der Waals surface area (Å²) in [6.45, 7) is 0. The second-order valence-corrected chi connectivity index (χ2v) is 3.92. The standard InChI is InChI=1S/C10H10BrNO2/c1-13-8-5-3-2-4-7(8)9-6-10(11)12-14-9/h2-5,9H,6H2,1H3/t9-/m0/s1. The zero-order chi connectivity index (χ0) is 9.97. The molecule has 0 amide bonds. The fraction of sp³-hybridized carbons (Fsp3) is 0.300. The van der Waals surface area contributed by atoms with Crippen molar-refractivity contribution in [2.45, 2.75) is 12.5 Å². The van der Waals surface area contributed by atoms with E-state index in [1.54, 1.807) is 7.11 Å². The van der Waals surface area contributed by atoms with Gasteiger partial charge in [0.15, 0.2) is 6.10 Å². The Labute approximate surface area is 90.8 Å². The highest BCUT2D eigenvalue weighted by molar-refractivity contribution is 9.18. The summed E-state index contributed by atoms with van der Waals surface area (Å²) in [6, 6.07) is 7.82. The highest BCUT2D eigenvalue weighted by atomic mass is 79.9. The Morgan fingerprint density at radius 1 is 1.50 bits per heavy atom. The first-order chi connectivity index (χ1) is 6.81. The van der Waals surface area contributed by atoms with Crippen LogP contribution in [0.5, 0.6) is 5.75 Å². The van der Waals surface area contributed by atoms with Crippen molar-refractivity contribution in [3.05, 3.63) is 29.8 Å². The zero-order valence-corrected chi connectivity index (χ0v) is 9.32. The van der Waals surface area contributed by atoms with E-state index in [2.05, 4.69) is 21.1 Å². The molecule has 0 saturated heterocycles. The van der Waals surface area contributed by atoms with Gasteiger partial charge in [-0.05, 0) is 22.0 Å². The summed E-state index contributed by atoms with van der Waals surface area (Å²) in [5, 5.41) is 3.85. The van der Waals surface area contributed by atoms with Gasteiger partial charge in [0.2, 0.25) is 0 Å². The minimum absolute atomic E-state index is 0.0273. The van der Waals surface area contributed by atoms with Gasteiger partial charge >= 0.3 is 0 Å². The van der Waals surface area contributed by atoms with Crippen molar-refractivity contribution in [2.24, 2.45) is 5.16 Å². The maximum Gasteiger partial charge on any atom is 0.162 e. The minimum Gasteiger partial charge on any atom is -0.496 e. The van der Waals surface area contributed by atoms with Gasteiger partial charge in [0.05, 0.1) is 7.11 Å². The van der Waals surface area contributed by atoms with E-state index >= 15 is 0 Å². The summed E-state index contributed by atoms with van der Waals surface area (Å²) >= 11 is 3.31. The molecule has 1 heterocycles. The maximum absolute atomic E-state index is 5.25. The van der Waals surface area contributed by atoms with Crippen LogP contribution in [0.1, 0.15) is 18.1 Å². The number of rotatable bonds is 2. The van der Waals surface area contributed by atoms with Crippen LogP contribution in [0.2, 0.25) is 0 Å². The Kier molecular flexibility index (Phi) is 2.72. The molecular formula is C10H10BrNO2. The van der Waals surface area contributed by atoms with Gasteiger partial charge in [0.1, 0.15) is 10.4 Å². The maximum atomic E-state index is 5.25. The third-order valence-corrected chi connectivity index (χ3v) is 2.59. The second kappa shape index (κ2) is 4.00. The van der Waals surface area contributed by atoms with Crippen LogP contribution < -0.4 is 4.74 Å². The molecule has 2 rings (SSSR count). The quantitative estimate of drug-likeness (QED) is 0.814. The molecular weight excluding hydrogens is 246 g/mol. The van der Waals surface area contributed by atoms with E-state index in [0.717, 1.165) is 22.4 Å². The Balaban J connectivity index is 2.24. The van der Waals surface area contributed by atoms with Crippen LogP contribution in [0.3, 0.4) is 0 Å². The first kappa shape index (κ1) is 9.52. The van der Waals surface area contributed by atoms with Gasteiger partial charge in [0, 0.05) is 12.0 Å². The van der Waals surface area contributed by atoms with Gasteiger partial charge in [-0.3, -0.25) is 0 Å². The molecule has 4 heteroatoms. The summed E-state index contributed by atoms with van der Waals surface area (Å²) in [7, 11) is 1.66. The lowest BCUT2D eigenvalue weighted by molar-refractivity contribution is 0.0837. The van der Waals surface area contributed by atoms with Gasteiger partial charge < -0.3 is 9.57 Å². The van der Waals surface area contributed by atoms with E-state index in [0.29, 0.717) is 0 Å². The number of ether oxygens (including phenoxy) is 1. The molecule has 0 unspecified atom stereocenters. The molecule has 0 aromatic heterocycles. The highest BCUT2D eigenvalue weighted by Crippen LogP contribution is 2.34. The van der Waals surface area contributed by atoms with E-state index in [-0.39, 0.29) is 6.10 Å². The van der Waals surface area contributed by atoms with Crippen molar-refractivity contribution >= 4 is 20.6 Å². The lowest BCUT2D eigenvalue weighted by Crippen LogP contribution is -1.99. The molecule has 1 aliphatic rings. The van der Waals surface area contributed by atoms with Crippen LogP contribution in [0.4, 0.5) is 0 Å². The molecule has 3 nitrogen and oxygen atoms in total. The highest BCUT2D eigenvalue weighted by Gasteiger charge is 2.23. The van der Waals surface area contributed by atoms with Crippen molar-refractivity contribution in [3.8, 4) is 5.75 Å². The van der Waals surface area contributed by atoms with E-state index in [1.165, 1.54) is 0 Å². The van der Waals surface area contributed by atoms with Gasteiger partial charge in [-0.25, -0.2) is 0 Å². The van der Waals surface area contributed by atoms with Crippen LogP contribution in [0.15, 0.2) is 29.4 Å². The van der Waals surface area contributed by atoms with Crippen LogP contribution >= 0.6 is 15.9 Å². The topological polar surface area (TPSA) is 30.8 Å². The minimum atomic E-state index is -0.0273. The summed E-state index contributed by atoms with van der Waals surface area (Å²) in [5.74, 6) is 0.843. The molecule has 1 aromatic rings. The summed E-state index contributed by atoms with van der Waals surface area (Å²) in [5.41, 5.74) is 1.04. The summed E-state index contributed by atoms with van der Waals surface area (Å²) in [4.78, 5) is 5.25. The summed E-state index contributed by atoms with van der Waals surface area (Å²) < 4.78 is 6.09. The van der Waals surface area contributed by atoms with Crippen molar-refractivity contribution in [2.75, 3.05) is 7.11 Å². The molecule has 0 radical (unpaired) electrons. The van der Waals surface area contributed by atoms with E-state index < -0.39 is 0 Å². The van der Waals surface area contributed by atoms with Crippen LogP contribution in [0, 0.1) is 0 Å². The third-order valence-electron chi connectivity index (χ3n) is 2.12. The predicted octanol–water partition coefficient (Wildman–Crippen LogP) is 2.87. The fourth-order valence-electron chi connectivity index (χ4n) is 1.45. The summed E-state index contributed by atoms with van der Waals surface area (Å²) in [6.07, 6.45) is 0.737. The monoisotopic (exact) mass is 255 g/mol. The molecule has 14 heavy (non-hydrogen) atoms.